The van der Waals surface area contributed by atoms with Crippen LogP contribution in [0, 0.1) is 0 Å². The predicted molar refractivity (Wildman–Crippen MR) is 84.5 cm³/mol. The number of H-pyrrole nitrogens is 1. The van der Waals surface area contributed by atoms with E-state index in [1.54, 1.807) is 6.20 Å². The third-order valence-corrected chi connectivity index (χ3v) is 3.85. The summed E-state index contributed by atoms with van der Waals surface area (Å²) in [6, 6.07) is 12.0. The summed E-state index contributed by atoms with van der Waals surface area (Å²) in [5.41, 5.74) is 2.90. The first kappa shape index (κ1) is 12.8. The number of piperazine rings is 1. The van der Waals surface area contributed by atoms with Crippen LogP contribution in [0.3, 0.4) is 0 Å². The highest BCUT2D eigenvalue weighted by atomic mass is 16.2. The Morgan fingerprint density at radius 3 is 3.00 bits per heavy atom. The second-order valence-corrected chi connectivity index (χ2v) is 5.29. The van der Waals surface area contributed by atoms with Gasteiger partial charge in [-0.3, -0.25) is 9.89 Å². The standard InChI is InChI=1S/C16H15N5O/c22-15-10-21(8-7-18-15)14-9-11(5-6-17-14)16-12-3-1-2-4-13(12)19-20-16/h1-6,9H,7-8,10H2,(H,18,22)(H,19,20). The molecule has 0 spiro atoms. The molecule has 1 amide bonds. The fraction of sp³-hybridized carbons (Fsp3) is 0.188. The molecule has 1 aliphatic heterocycles. The molecule has 22 heavy (non-hydrogen) atoms. The smallest absolute Gasteiger partial charge is 0.239 e. The fourth-order valence-electron chi connectivity index (χ4n) is 2.76. The summed E-state index contributed by atoms with van der Waals surface area (Å²) in [6.45, 7) is 1.76. The van der Waals surface area contributed by atoms with E-state index in [1.165, 1.54) is 0 Å². The van der Waals surface area contributed by atoms with Crippen LogP contribution >= 0.6 is 0 Å². The van der Waals surface area contributed by atoms with Crippen molar-refractivity contribution in [2.45, 2.75) is 0 Å². The first-order valence-electron chi connectivity index (χ1n) is 7.22. The average molecular weight is 293 g/mol. The van der Waals surface area contributed by atoms with Gasteiger partial charge in [0.15, 0.2) is 0 Å². The van der Waals surface area contributed by atoms with Crippen molar-refractivity contribution in [1.82, 2.24) is 20.5 Å². The third-order valence-electron chi connectivity index (χ3n) is 3.85. The van der Waals surface area contributed by atoms with Gasteiger partial charge in [-0.1, -0.05) is 18.2 Å². The van der Waals surface area contributed by atoms with Gasteiger partial charge in [-0.05, 0) is 18.2 Å². The van der Waals surface area contributed by atoms with E-state index < -0.39 is 0 Å². The van der Waals surface area contributed by atoms with Crippen molar-refractivity contribution in [3.63, 3.8) is 0 Å². The van der Waals surface area contributed by atoms with Crippen LogP contribution in [0.4, 0.5) is 5.82 Å². The zero-order chi connectivity index (χ0) is 14.9. The normalized spacial score (nSPS) is 15.1. The monoisotopic (exact) mass is 293 g/mol. The van der Waals surface area contributed by atoms with Crippen molar-refractivity contribution in [3.05, 3.63) is 42.6 Å². The van der Waals surface area contributed by atoms with Crippen LogP contribution in [-0.4, -0.2) is 40.7 Å². The average Bonchev–Trinajstić information content (AvgIpc) is 2.99. The molecule has 1 aromatic carbocycles. The van der Waals surface area contributed by atoms with Crippen molar-refractivity contribution in [1.29, 1.82) is 0 Å². The van der Waals surface area contributed by atoms with Gasteiger partial charge in [0.05, 0.1) is 12.1 Å². The Balaban J connectivity index is 1.74. The number of aromatic nitrogens is 3. The molecule has 3 aromatic rings. The van der Waals surface area contributed by atoms with Gasteiger partial charge >= 0.3 is 0 Å². The van der Waals surface area contributed by atoms with Crippen LogP contribution in [0.1, 0.15) is 0 Å². The summed E-state index contributed by atoms with van der Waals surface area (Å²) in [5.74, 6) is 0.836. The number of carbonyl (C=O) groups is 1. The van der Waals surface area contributed by atoms with Crippen LogP contribution < -0.4 is 10.2 Å². The van der Waals surface area contributed by atoms with Gasteiger partial charge in [-0.15, -0.1) is 0 Å². The maximum Gasteiger partial charge on any atom is 0.239 e. The second kappa shape index (κ2) is 5.14. The van der Waals surface area contributed by atoms with Crippen molar-refractivity contribution < 1.29 is 4.79 Å². The SMILES string of the molecule is O=C1CN(c2cc(-c3n[nH]c4ccccc34)ccn2)CCN1. The quantitative estimate of drug-likeness (QED) is 0.752. The Labute approximate surface area is 127 Å². The maximum absolute atomic E-state index is 11.5. The van der Waals surface area contributed by atoms with Gasteiger partial charge < -0.3 is 10.2 Å². The molecule has 0 unspecified atom stereocenters. The number of aromatic amines is 1. The van der Waals surface area contributed by atoms with Gasteiger partial charge in [0.25, 0.3) is 0 Å². The van der Waals surface area contributed by atoms with Gasteiger partial charge in [-0.2, -0.15) is 5.10 Å². The highest BCUT2D eigenvalue weighted by Gasteiger charge is 2.18. The molecular formula is C16H15N5O. The number of anilines is 1. The van der Waals surface area contributed by atoms with E-state index in [0.29, 0.717) is 13.1 Å². The molecule has 1 aliphatic rings. The molecule has 110 valence electrons. The summed E-state index contributed by atoms with van der Waals surface area (Å²) >= 11 is 0. The molecule has 0 radical (unpaired) electrons. The van der Waals surface area contributed by atoms with E-state index in [2.05, 4.69) is 20.5 Å². The number of amides is 1. The number of fused-ring (bicyclic) bond motifs is 1. The molecule has 0 bridgehead atoms. The van der Waals surface area contributed by atoms with Crippen molar-refractivity contribution in [3.8, 4) is 11.3 Å². The van der Waals surface area contributed by atoms with E-state index >= 15 is 0 Å². The van der Waals surface area contributed by atoms with Gasteiger partial charge in [0.2, 0.25) is 5.91 Å². The predicted octanol–water partition coefficient (Wildman–Crippen LogP) is 1.56. The Kier molecular flexibility index (Phi) is 3.00. The molecule has 4 rings (SSSR count). The lowest BCUT2D eigenvalue weighted by Gasteiger charge is -2.27. The number of para-hydroxylation sites is 1. The number of benzene rings is 1. The Hall–Kier alpha value is -2.89. The summed E-state index contributed by atoms with van der Waals surface area (Å²) < 4.78 is 0. The minimum absolute atomic E-state index is 0.0312. The number of carbonyl (C=O) groups excluding carboxylic acids is 1. The topological polar surface area (TPSA) is 73.9 Å². The Bertz CT molecular complexity index is 841. The van der Waals surface area contributed by atoms with E-state index in [1.807, 2.05) is 41.3 Å². The molecule has 0 saturated carbocycles. The lowest BCUT2D eigenvalue weighted by atomic mass is 10.1. The number of nitrogens with one attached hydrogen (secondary N) is 2. The van der Waals surface area contributed by atoms with Crippen LogP contribution in [-0.2, 0) is 4.79 Å². The number of pyridine rings is 1. The first-order chi connectivity index (χ1) is 10.8. The molecular weight excluding hydrogens is 278 g/mol. The molecule has 0 aliphatic carbocycles. The van der Waals surface area contributed by atoms with Gasteiger partial charge in [-0.25, -0.2) is 4.98 Å². The first-order valence-corrected chi connectivity index (χ1v) is 7.22. The van der Waals surface area contributed by atoms with Crippen LogP contribution in [0.5, 0.6) is 0 Å². The van der Waals surface area contributed by atoms with E-state index in [0.717, 1.165) is 34.5 Å². The number of nitrogens with zero attached hydrogens (tertiary/aromatic N) is 3. The summed E-state index contributed by atoms with van der Waals surface area (Å²) in [5, 5.41) is 11.4. The molecule has 1 saturated heterocycles. The zero-order valence-electron chi connectivity index (χ0n) is 11.9. The van der Waals surface area contributed by atoms with E-state index in [9.17, 15) is 4.79 Å². The van der Waals surface area contributed by atoms with Crippen molar-refractivity contribution >= 4 is 22.6 Å². The number of rotatable bonds is 2. The molecule has 2 aromatic heterocycles. The maximum atomic E-state index is 11.5. The molecule has 2 N–H and O–H groups in total. The van der Waals surface area contributed by atoms with Crippen molar-refractivity contribution in [2.75, 3.05) is 24.5 Å². The van der Waals surface area contributed by atoms with E-state index in [4.69, 9.17) is 0 Å². The Morgan fingerprint density at radius 1 is 1.18 bits per heavy atom. The largest absolute Gasteiger partial charge is 0.353 e. The zero-order valence-corrected chi connectivity index (χ0v) is 11.9. The van der Waals surface area contributed by atoms with E-state index in [-0.39, 0.29) is 5.91 Å². The lowest BCUT2D eigenvalue weighted by Crippen LogP contribution is -2.48. The fourth-order valence-corrected chi connectivity index (χ4v) is 2.76. The van der Waals surface area contributed by atoms with Crippen LogP contribution in [0.2, 0.25) is 0 Å². The number of hydrogen-bond acceptors (Lipinski definition) is 4. The summed E-state index contributed by atoms with van der Waals surface area (Å²) in [7, 11) is 0. The van der Waals surface area contributed by atoms with Crippen molar-refractivity contribution in [2.24, 2.45) is 0 Å². The second-order valence-electron chi connectivity index (χ2n) is 5.29. The molecule has 1 fully saturated rings. The third kappa shape index (κ3) is 2.18. The minimum Gasteiger partial charge on any atom is -0.353 e. The Morgan fingerprint density at radius 2 is 2.09 bits per heavy atom. The summed E-state index contributed by atoms with van der Waals surface area (Å²) in [6.07, 6.45) is 1.76. The van der Waals surface area contributed by atoms with Gasteiger partial charge in [0.1, 0.15) is 11.5 Å². The molecule has 6 heteroatoms. The molecule has 3 heterocycles. The van der Waals surface area contributed by atoms with Crippen LogP contribution in [0.25, 0.3) is 22.2 Å². The minimum atomic E-state index is 0.0312. The highest BCUT2D eigenvalue weighted by Crippen LogP contribution is 2.27. The molecule has 0 atom stereocenters. The highest BCUT2D eigenvalue weighted by molar-refractivity contribution is 5.93. The number of hydrogen-bond donors (Lipinski definition) is 2. The summed E-state index contributed by atoms with van der Waals surface area (Å²) in [4.78, 5) is 17.9. The van der Waals surface area contributed by atoms with Gasteiger partial charge in [0, 0.05) is 30.2 Å². The lowest BCUT2D eigenvalue weighted by molar-refractivity contribution is -0.120. The van der Waals surface area contributed by atoms with Crippen LogP contribution in [0.15, 0.2) is 42.6 Å². The molecule has 6 nitrogen and oxygen atoms in total.